The summed E-state index contributed by atoms with van der Waals surface area (Å²) in [4.78, 5) is 36.2. The lowest BCUT2D eigenvalue weighted by Gasteiger charge is -2.15. The predicted octanol–water partition coefficient (Wildman–Crippen LogP) is 3.39. The van der Waals surface area contributed by atoms with E-state index in [0.717, 1.165) is 5.56 Å². The van der Waals surface area contributed by atoms with Gasteiger partial charge in [-0.25, -0.2) is 4.79 Å². The first-order valence-electron chi connectivity index (χ1n) is 8.10. The topological polar surface area (TPSA) is 81.7 Å². The lowest BCUT2D eigenvalue weighted by atomic mass is 10.1. The van der Waals surface area contributed by atoms with E-state index < -0.39 is 18.0 Å². The number of hydrogen-bond donors (Lipinski definition) is 1. The normalized spacial score (nSPS) is 11.4. The van der Waals surface area contributed by atoms with Crippen molar-refractivity contribution in [3.05, 3.63) is 59.2 Å². The van der Waals surface area contributed by atoms with Gasteiger partial charge in [0.1, 0.15) is 5.75 Å². The first-order chi connectivity index (χ1) is 12.3. The SMILES string of the molecule is COc1cc(C(=O)O[C@H](C)C(=O)Nc2ccccc2C(C)=O)ccc1C. The number of methoxy groups -OCH3 is 1. The zero-order valence-electron chi connectivity index (χ0n) is 15.2. The van der Waals surface area contributed by atoms with E-state index in [9.17, 15) is 14.4 Å². The van der Waals surface area contributed by atoms with Crippen LogP contribution >= 0.6 is 0 Å². The highest BCUT2D eigenvalue weighted by Crippen LogP contribution is 2.20. The van der Waals surface area contributed by atoms with Crippen molar-refractivity contribution >= 4 is 23.3 Å². The van der Waals surface area contributed by atoms with Gasteiger partial charge < -0.3 is 14.8 Å². The van der Waals surface area contributed by atoms with Crippen LogP contribution in [0, 0.1) is 6.92 Å². The molecule has 2 aromatic rings. The minimum Gasteiger partial charge on any atom is -0.496 e. The second kappa shape index (κ2) is 8.29. The molecule has 0 spiro atoms. The molecule has 1 amide bonds. The minimum absolute atomic E-state index is 0.169. The molecule has 136 valence electrons. The average Bonchev–Trinajstić information content (AvgIpc) is 2.62. The van der Waals surface area contributed by atoms with Gasteiger partial charge >= 0.3 is 5.97 Å². The predicted molar refractivity (Wildman–Crippen MR) is 97.7 cm³/mol. The van der Waals surface area contributed by atoms with Crippen molar-refractivity contribution in [3.8, 4) is 5.75 Å². The van der Waals surface area contributed by atoms with Crippen LogP contribution in [0.2, 0.25) is 0 Å². The van der Waals surface area contributed by atoms with Gasteiger partial charge in [-0.3, -0.25) is 9.59 Å². The van der Waals surface area contributed by atoms with E-state index in [-0.39, 0.29) is 11.3 Å². The summed E-state index contributed by atoms with van der Waals surface area (Å²) >= 11 is 0. The number of hydrogen-bond acceptors (Lipinski definition) is 5. The Morgan fingerprint density at radius 1 is 1.08 bits per heavy atom. The Balaban J connectivity index is 2.07. The number of amides is 1. The van der Waals surface area contributed by atoms with Crippen LogP contribution in [0.25, 0.3) is 0 Å². The molecule has 0 fully saturated rings. The molecule has 0 radical (unpaired) electrons. The zero-order chi connectivity index (χ0) is 19.3. The van der Waals surface area contributed by atoms with Gasteiger partial charge in [0.05, 0.1) is 18.4 Å². The number of carbonyl (C=O) groups is 3. The van der Waals surface area contributed by atoms with Crippen LogP contribution in [0.4, 0.5) is 5.69 Å². The first kappa shape index (κ1) is 19.2. The highest BCUT2D eigenvalue weighted by atomic mass is 16.5. The number of nitrogens with one attached hydrogen (secondary N) is 1. The summed E-state index contributed by atoms with van der Waals surface area (Å²) in [6.45, 7) is 4.74. The quantitative estimate of drug-likeness (QED) is 0.634. The molecule has 6 heteroatoms. The summed E-state index contributed by atoms with van der Waals surface area (Å²) in [5, 5.41) is 2.62. The molecule has 0 aliphatic rings. The molecule has 0 heterocycles. The molecule has 2 aromatic carbocycles. The van der Waals surface area contributed by atoms with Gasteiger partial charge in [0.2, 0.25) is 0 Å². The van der Waals surface area contributed by atoms with Crippen LogP contribution in [0.15, 0.2) is 42.5 Å². The summed E-state index contributed by atoms with van der Waals surface area (Å²) in [7, 11) is 1.51. The van der Waals surface area contributed by atoms with Crippen molar-refractivity contribution in [2.75, 3.05) is 12.4 Å². The highest BCUT2D eigenvalue weighted by molar-refractivity contribution is 6.05. The fourth-order valence-corrected chi connectivity index (χ4v) is 2.36. The fourth-order valence-electron chi connectivity index (χ4n) is 2.36. The van der Waals surface area contributed by atoms with Crippen molar-refractivity contribution in [1.82, 2.24) is 0 Å². The van der Waals surface area contributed by atoms with Crippen LogP contribution < -0.4 is 10.1 Å². The number of Topliss-reactive ketones (excluding diaryl/α,β-unsaturated/α-hetero) is 1. The highest BCUT2D eigenvalue weighted by Gasteiger charge is 2.21. The maximum atomic E-state index is 12.3. The number of anilines is 1. The van der Waals surface area contributed by atoms with Crippen LogP contribution in [0.5, 0.6) is 5.75 Å². The van der Waals surface area contributed by atoms with Gasteiger partial charge in [0, 0.05) is 5.56 Å². The fraction of sp³-hybridized carbons (Fsp3) is 0.250. The average molecular weight is 355 g/mol. The van der Waals surface area contributed by atoms with Gasteiger partial charge in [0.25, 0.3) is 5.91 Å². The Morgan fingerprint density at radius 3 is 2.42 bits per heavy atom. The van der Waals surface area contributed by atoms with Crippen LogP contribution in [-0.4, -0.2) is 30.9 Å². The lowest BCUT2D eigenvalue weighted by molar-refractivity contribution is -0.123. The van der Waals surface area contributed by atoms with E-state index in [0.29, 0.717) is 17.0 Å². The number of carbonyl (C=O) groups excluding carboxylic acids is 3. The Bertz CT molecular complexity index is 844. The van der Waals surface area contributed by atoms with Gasteiger partial charge in [-0.05, 0) is 50.6 Å². The number of para-hydroxylation sites is 1. The molecular weight excluding hydrogens is 334 g/mol. The van der Waals surface area contributed by atoms with Crippen LogP contribution in [0.3, 0.4) is 0 Å². The van der Waals surface area contributed by atoms with E-state index in [1.807, 2.05) is 6.92 Å². The number of aryl methyl sites for hydroxylation is 1. The Labute approximate surface area is 152 Å². The van der Waals surface area contributed by atoms with E-state index >= 15 is 0 Å². The van der Waals surface area contributed by atoms with Crippen molar-refractivity contribution in [2.24, 2.45) is 0 Å². The number of rotatable bonds is 6. The molecule has 0 unspecified atom stereocenters. The van der Waals surface area contributed by atoms with Crippen LogP contribution in [-0.2, 0) is 9.53 Å². The van der Waals surface area contributed by atoms with Gasteiger partial charge in [-0.15, -0.1) is 0 Å². The summed E-state index contributed by atoms with van der Waals surface area (Å²) in [5.41, 5.74) is 1.94. The molecule has 26 heavy (non-hydrogen) atoms. The third-order valence-electron chi connectivity index (χ3n) is 3.86. The molecule has 0 aliphatic heterocycles. The van der Waals surface area contributed by atoms with Gasteiger partial charge in [0.15, 0.2) is 11.9 Å². The van der Waals surface area contributed by atoms with E-state index in [1.54, 1.807) is 42.5 Å². The molecule has 0 aliphatic carbocycles. The molecule has 0 saturated carbocycles. The second-order valence-corrected chi connectivity index (χ2v) is 5.82. The molecule has 2 rings (SSSR count). The summed E-state index contributed by atoms with van der Waals surface area (Å²) in [5.74, 6) is -0.763. The van der Waals surface area contributed by atoms with Crippen molar-refractivity contribution in [2.45, 2.75) is 26.9 Å². The molecule has 0 saturated heterocycles. The third-order valence-corrected chi connectivity index (χ3v) is 3.86. The number of benzene rings is 2. The summed E-state index contributed by atoms with van der Waals surface area (Å²) in [6, 6.07) is 11.6. The van der Waals surface area contributed by atoms with E-state index in [2.05, 4.69) is 5.32 Å². The van der Waals surface area contributed by atoms with Crippen molar-refractivity contribution in [3.63, 3.8) is 0 Å². The molecule has 6 nitrogen and oxygen atoms in total. The minimum atomic E-state index is -1.03. The monoisotopic (exact) mass is 355 g/mol. The Morgan fingerprint density at radius 2 is 1.77 bits per heavy atom. The number of ether oxygens (including phenoxy) is 2. The molecular formula is C20H21NO5. The van der Waals surface area contributed by atoms with Crippen molar-refractivity contribution < 1.29 is 23.9 Å². The van der Waals surface area contributed by atoms with Gasteiger partial charge in [-0.1, -0.05) is 18.2 Å². The maximum Gasteiger partial charge on any atom is 0.339 e. The number of esters is 1. The summed E-state index contributed by atoms with van der Waals surface area (Å²) in [6.07, 6.45) is -1.03. The maximum absolute atomic E-state index is 12.3. The van der Waals surface area contributed by atoms with Gasteiger partial charge in [-0.2, -0.15) is 0 Å². The van der Waals surface area contributed by atoms with Crippen LogP contribution in [0.1, 0.15) is 40.1 Å². The Hall–Kier alpha value is -3.15. The van der Waals surface area contributed by atoms with Crippen molar-refractivity contribution in [1.29, 1.82) is 0 Å². The van der Waals surface area contributed by atoms with E-state index in [4.69, 9.17) is 9.47 Å². The first-order valence-corrected chi connectivity index (χ1v) is 8.10. The number of ketones is 1. The standard InChI is InChI=1S/C20H21NO5/c1-12-9-10-15(11-18(12)25-4)20(24)26-14(3)19(23)21-17-8-6-5-7-16(17)13(2)22/h5-11,14H,1-4H3,(H,21,23)/t14-/m1/s1. The molecule has 1 N–H and O–H groups in total. The molecule has 1 atom stereocenters. The molecule has 0 aromatic heterocycles. The lowest BCUT2D eigenvalue weighted by Crippen LogP contribution is -2.30. The smallest absolute Gasteiger partial charge is 0.339 e. The molecule has 0 bridgehead atoms. The summed E-state index contributed by atoms with van der Waals surface area (Å²) < 4.78 is 10.4. The zero-order valence-corrected chi connectivity index (χ0v) is 15.2. The largest absolute Gasteiger partial charge is 0.496 e. The third kappa shape index (κ3) is 4.47. The second-order valence-electron chi connectivity index (χ2n) is 5.82. The Kier molecular flexibility index (Phi) is 6.11. The van der Waals surface area contributed by atoms with E-state index in [1.165, 1.54) is 21.0 Å².